The van der Waals surface area contributed by atoms with Crippen molar-refractivity contribution in [1.29, 1.82) is 0 Å². The van der Waals surface area contributed by atoms with Gasteiger partial charge in [0.15, 0.2) is 5.75 Å². The van der Waals surface area contributed by atoms with E-state index in [1.165, 1.54) is 18.2 Å². The number of hydrogen-bond acceptors (Lipinski definition) is 7. The number of amides is 1. The largest absolute Gasteiger partial charge is 0.505 e. The maximum absolute atomic E-state index is 13.3. The standard InChI is InChI=1S/C27H23Cl2N3O6S/c1-3-15-12-20(24(29)22(13-15)39(35,36)37)31-32-25-17-9-6-5-8-16(17)14-18(26(25)33)27(34)30-19-10-7-11-21(23(19)28)38-4-2/h5-14,33H,3-4H2,1-2H3,(H,30,34)(H,35,36,37). The third-order valence-electron chi connectivity index (χ3n) is 5.77. The predicted octanol–water partition coefficient (Wildman–Crippen LogP) is 7.73. The molecule has 0 unspecified atom stereocenters. The first-order chi connectivity index (χ1) is 18.5. The topological polar surface area (TPSA) is 138 Å². The van der Waals surface area contributed by atoms with Gasteiger partial charge in [-0.3, -0.25) is 9.35 Å². The molecule has 0 aromatic heterocycles. The molecule has 0 saturated heterocycles. The second kappa shape index (κ2) is 11.6. The van der Waals surface area contributed by atoms with Crippen molar-refractivity contribution in [2.24, 2.45) is 10.2 Å². The Kier molecular flexibility index (Phi) is 8.41. The van der Waals surface area contributed by atoms with Gasteiger partial charge in [-0.05, 0) is 54.6 Å². The molecular weight excluding hydrogens is 565 g/mol. The Bertz CT molecular complexity index is 1720. The second-order valence-corrected chi connectivity index (χ2v) is 10.4. The molecule has 0 fully saturated rings. The Balaban J connectivity index is 1.81. The normalized spacial score (nSPS) is 11.7. The van der Waals surface area contributed by atoms with Gasteiger partial charge in [0.2, 0.25) is 0 Å². The number of phenols is 1. The van der Waals surface area contributed by atoms with Crippen molar-refractivity contribution in [2.75, 3.05) is 11.9 Å². The summed E-state index contributed by atoms with van der Waals surface area (Å²) in [7, 11) is -4.63. The zero-order chi connectivity index (χ0) is 28.3. The molecule has 1 amide bonds. The lowest BCUT2D eigenvalue weighted by Gasteiger charge is -2.13. The number of aryl methyl sites for hydroxylation is 1. The highest BCUT2D eigenvalue weighted by molar-refractivity contribution is 7.86. The molecule has 0 radical (unpaired) electrons. The first-order valence-corrected chi connectivity index (χ1v) is 13.9. The Morgan fingerprint density at radius 3 is 2.44 bits per heavy atom. The molecule has 0 aliphatic heterocycles. The molecule has 3 N–H and O–H groups in total. The van der Waals surface area contributed by atoms with Gasteiger partial charge in [-0.25, -0.2) is 0 Å². The third kappa shape index (κ3) is 5.99. The molecule has 12 heteroatoms. The van der Waals surface area contributed by atoms with Crippen molar-refractivity contribution in [1.82, 2.24) is 0 Å². The second-order valence-electron chi connectivity index (χ2n) is 8.30. The van der Waals surface area contributed by atoms with Gasteiger partial charge in [0.1, 0.15) is 27.0 Å². The first kappa shape index (κ1) is 28.3. The SMILES string of the molecule is CCOc1cccc(NC(=O)c2cc3ccccc3c(N=Nc3cc(CC)cc(S(=O)(=O)O)c3Cl)c2O)c1Cl. The van der Waals surface area contributed by atoms with Gasteiger partial charge in [0, 0.05) is 5.39 Å². The molecule has 4 aromatic carbocycles. The summed E-state index contributed by atoms with van der Waals surface area (Å²) in [4.78, 5) is 12.8. The highest BCUT2D eigenvalue weighted by atomic mass is 35.5. The maximum Gasteiger partial charge on any atom is 0.296 e. The Morgan fingerprint density at radius 1 is 1.00 bits per heavy atom. The van der Waals surface area contributed by atoms with Gasteiger partial charge in [0.25, 0.3) is 16.0 Å². The number of ether oxygens (including phenoxy) is 1. The number of halogens is 2. The van der Waals surface area contributed by atoms with Gasteiger partial charge in [-0.15, -0.1) is 10.2 Å². The van der Waals surface area contributed by atoms with E-state index in [1.54, 1.807) is 56.3 Å². The van der Waals surface area contributed by atoms with Crippen LogP contribution >= 0.6 is 23.2 Å². The highest BCUT2D eigenvalue weighted by Gasteiger charge is 2.22. The van der Waals surface area contributed by atoms with E-state index in [0.717, 1.165) is 0 Å². The molecule has 4 aromatic rings. The average molecular weight is 588 g/mol. The fraction of sp³-hybridized carbons (Fsp3) is 0.148. The van der Waals surface area contributed by atoms with Crippen LogP contribution in [-0.2, 0) is 16.5 Å². The molecule has 202 valence electrons. The number of anilines is 1. The average Bonchev–Trinajstić information content (AvgIpc) is 2.90. The van der Waals surface area contributed by atoms with Crippen molar-refractivity contribution in [3.63, 3.8) is 0 Å². The van der Waals surface area contributed by atoms with Crippen molar-refractivity contribution in [2.45, 2.75) is 25.2 Å². The molecule has 0 atom stereocenters. The van der Waals surface area contributed by atoms with Crippen LogP contribution in [0.1, 0.15) is 29.8 Å². The summed E-state index contributed by atoms with van der Waals surface area (Å²) in [5.74, 6) is -0.737. The van der Waals surface area contributed by atoms with E-state index in [2.05, 4.69) is 15.5 Å². The summed E-state index contributed by atoms with van der Waals surface area (Å²) < 4.78 is 38.7. The Hall–Kier alpha value is -3.70. The molecule has 0 spiro atoms. The van der Waals surface area contributed by atoms with Crippen molar-refractivity contribution < 1.29 is 27.6 Å². The van der Waals surface area contributed by atoms with E-state index < -0.39 is 26.7 Å². The lowest BCUT2D eigenvalue weighted by atomic mass is 10.0. The van der Waals surface area contributed by atoms with Crippen LogP contribution in [0.2, 0.25) is 10.0 Å². The van der Waals surface area contributed by atoms with Crippen LogP contribution < -0.4 is 10.1 Å². The van der Waals surface area contributed by atoms with Crippen LogP contribution in [0.4, 0.5) is 17.1 Å². The number of carbonyl (C=O) groups excluding carboxylic acids is 1. The van der Waals surface area contributed by atoms with Crippen molar-refractivity contribution in [3.05, 3.63) is 81.8 Å². The lowest BCUT2D eigenvalue weighted by molar-refractivity contribution is 0.102. The van der Waals surface area contributed by atoms with Crippen LogP contribution in [0, 0.1) is 0 Å². The number of rotatable bonds is 8. The van der Waals surface area contributed by atoms with Crippen LogP contribution in [-0.4, -0.2) is 30.6 Å². The lowest BCUT2D eigenvalue weighted by Crippen LogP contribution is -2.13. The summed E-state index contributed by atoms with van der Waals surface area (Å²) >= 11 is 12.6. The smallest absolute Gasteiger partial charge is 0.296 e. The number of nitrogens with one attached hydrogen (secondary N) is 1. The monoisotopic (exact) mass is 587 g/mol. The minimum absolute atomic E-state index is 0.0403. The summed E-state index contributed by atoms with van der Waals surface area (Å²) in [6.07, 6.45) is 0.430. The van der Waals surface area contributed by atoms with Gasteiger partial charge in [0.05, 0.1) is 22.9 Å². The number of azo groups is 1. The molecule has 9 nitrogen and oxygen atoms in total. The van der Waals surface area contributed by atoms with Gasteiger partial charge in [-0.2, -0.15) is 8.42 Å². The highest BCUT2D eigenvalue weighted by Crippen LogP contribution is 2.42. The zero-order valence-corrected chi connectivity index (χ0v) is 23.1. The minimum Gasteiger partial charge on any atom is -0.505 e. The van der Waals surface area contributed by atoms with Crippen LogP contribution in [0.15, 0.2) is 75.8 Å². The molecule has 0 saturated carbocycles. The number of phenolic OH excluding ortho intramolecular Hbond substituents is 1. The summed E-state index contributed by atoms with van der Waals surface area (Å²) in [5, 5.41) is 23.0. The predicted molar refractivity (Wildman–Crippen MR) is 151 cm³/mol. The fourth-order valence-electron chi connectivity index (χ4n) is 3.86. The minimum atomic E-state index is -4.63. The van der Waals surface area contributed by atoms with Gasteiger partial charge < -0.3 is 15.2 Å². The quantitative estimate of drug-likeness (QED) is 0.142. The zero-order valence-electron chi connectivity index (χ0n) is 20.8. The molecular formula is C27H23Cl2N3O6S. The van der Waals surface area contributed by atoms with Gasteiger partial charge >= 0.3 is 0 Å². The molecule has 0 heterocycles. The van der Waals surface area contributed by atoms with E-state index in [9.17, 15) is 22.9 Å². The Labute approximate surface area is 234 Å². The molecule has 0 aliphatic carbocycles. The van der Waals surface area contributed by atoms with E-state index in [4.69, 9.17) is 27.9 Å². The van der Waals surface area contributed by atoms with Crippen molar-refractivity contribution >= 4 is 67.1 Å². The Morgan fingerprint density at radius 2 is 1.74 bits per heavy atom. The third-order valence-corrected chi connectivity index (χ3v) is 7.55. The molecule has 0 aliphatic rings. The summed E-state index contributed by atoms with van der Waals surface area (Å²) in [5.41, 5.74) is 0.631. The summed E-state index contributed by atoms with van der Waals surface area (Å²) in [6.45, 7) is 3.98. The van der Waals surface area contributed by atoms with E-state index in [1.807, 2.05) is 0 Å². The maximum atomic E-state index is 13.3. The number of benzene rings is 4. The summed E-state index contributed by atoms with van der Waals surface area (Å²) in [6, 6.07) is 16.1. The number of hydrogen-bond donors (Lipinski definition) is 3. The number of fused-ring (bicyclic) bond motifs is 1. The molecule has 4 rings (SSSR count). The number of nitrogens with zero attached hydrogens (tertiary/aromatic N) is 2. The van der Waals surface area contributed by atoms with Crippen LogP contribution in [0.5, 0.6) is 11.5 Å². The molecule has 0 bridgehead atoms. The van der Waals surface area contributed by atoms with E-state index in [0.29, 0.717) is 35.1 Å². The first-order valence-electron chi connectivity index (χ1n) is 11.7. The van der Waals surface area contributed by atoms with Crippen molar-refractivity contribution in [3.8, 4) is 11.5 Å². The molecule has 39 heavy (non-hydrogen) atoms. The van der Waals surface area contributed by atoms with Crippen LogP contribution in [0.25, 0.3) is 10.8 Å². The fourth-order valence-corrected chi connectivity index (χ4v) is 5.16. The van der Waals surface area contributed by atoms with E-state index >= 15 is 0 Å². The van der Waals surface area contributed by atoms with Crippen LogP contribution in [0.3, 0.4) is 0 Å². The number of carbonyl (C=O) groups is 1. The van der Waals surface area contributed by atoms with E-state index in [-0.39, 0.29) is 32.7 Å². The number of aromatic hydroxyl groups is 1. The van der Waals surface area contributed by atoms with Gasteiger partial charge in [-0.1, -0.05) is 60.5 Å².